The number of nitrogens with two attached hydrogens (primary N) is 2. The lowest BCUT2D eigenvalue weighted by molar-refractivity contribution is 0.844. The molecule has 2 nitrogen and oxygen atoms in total. The van der Waals surface area contributed by atoms with Gasteiger partial charge in [-0.05, 0) is 19.5 Å². The highest BCUT2D eigenvalue weighted by Crippen LogP contribution is 1.58. The zero-order chi connectivity index (χ0) is 8.12. The molecule has 0 aromatic carbocycles. The third-order valence-corrected chi connectivity index (χ3v) is 0.408. The van der Waals surface area contributed by atoms with Gasteiger partial charge in [-0.25, -0.2) is 0 Å². The summed E-state index contributed by atoms with van der Waals surface area (Å²) < 4.78 is 0. The molecule has 0 amide bonds. The second kappa shape index (κ2) is 44.5. The van der Waals surface area contributed by atoms with Crippen LogP contribution in [0.4, 0.5) is 0 Å². The van der Waals surface area contributed by atoms with E-state index in [-0.39, 0.29) is 2.85 Å². The highest BCUT2D eigenvalue weighted by molar-refractivity contribution is 4.33. The quantitative estimate of drug-likeness (QED) is 0.611. The summed E-state index contributed by atoms with van der Waals surface area (Å²) in [6, 6.07) is 0. The van der Waals surface area contributed by atoms with Crippen LogP contribution in [0, 0.1) is 0 Å². The van der Waals surface area contributed by atoms with Crippen molar-refractivity contribution >= 4 is 0 Å². The van der Waals surface area contributed by atoms with Gasteiger partial charge in [-0.15, -0.1) is 0 Å². The van der Waals surface area contributed by atoms with Gasteiger partial charge in [0.05, 0.1) is 0 Å². The second-order valence-corrected chi connectivity index (χ2v) is 0.931. The molecule has 0 heterocycles. The van der Waals surface area contributed by atoms with E-state index in [2.05, 4.69) is 0 Å². The van der Waals surface area contributed by atoms with Gasteiger partial charge in [0.2, 0.25) is 0 Å². The first-order chi connectivity index (χ1) is 4.41. The molecule has 0 aliphatic rings. The summed E-state index contributed by atoms with van der Waals surface area (Å²) in [5.74, 6) is 0. The Morgan fingerprint density at radius 1 is 0.889 bits per heavy atom. The maximum Gasteiger partial charge on any atom is 0 e. The fraction of sp³-hybridized carbons (Fsp3) is 1.00. The van der Waals surface area contributed by atoms with E-state index in [0.29, 0.717) is 0 Å². The Morgan fingerprint density at radius 2 is 1.11 bits per heavy atom. The van der Waals surface area contributed by atoms with E-state index in [4.69, 9.17) is 11.5 Å². The van der Waals surface area contributed by atoms with Gasteiger partial charge in [0.25, 0.3) is 0 Å². The molecule has 0 spiro atoms. The van der Waals surface area contributed by atoms with Crippen LogP contribution in [0.15, 0.2) is 0 Å². The van der Waals surface area contributed by atoms with Gasteiger partial charge >= 0.3 is 0 Å². The predicted molar refractivity (Wildman–Crippen MR) is 49.6 cm³/mol. The fourth-order valence-electron chi connectivity index (χ4n) is 0.118. The average molecular weight is 138 g/mol. The van der Waals surface area contributed by atoms with E-state index < -0.39 is 0 Å². The Labute approximate surface area is 62.6 Å². The molecule has 0 unspecified atom stereocenters. The number of hydrogen-bond acceptors (Lipinski definition) is 2. The van der Waals surface area contributed by atoms with Crippen molar-refractivity contribution < 1.29 is 2.85 Å². The van der Waals surface area contributed by atoms with Gasteiger partial charge < -0.3 is 11.5 Å². The standard InChI is InChI=1S/C3H10N2.2C2H6.2H2/c4-2-1-3-5;2*1-2;;/h1-5H2;2*1-2H3;2*1H. The van der Waals surface area contributed by atoms with Crippen molar-refractivity contribution in [1.29, 1.82) is 0 Å². The summed E-state index contributed by atoms with van der Waals surface area (Å²) in [7, 11) is 0. The Kier molecular flexibility index (Phi) is 78.9. The maximum absolute atomic E-state index is 5.06. The highest BCUT2D eigenvalue weighted by atomic mass is 14.6. The van der Waals surface area contributed by atoms with Crippen molar-refractivity contribution in [2.75, 3.05) is 13.1 Å². The molecular weight excluding hydrogens is 112 g/mol. The van der Waals surface area contributed by atoms with E-state index in [1.165, 1.54) is 0 Å². The summed E-state index contributed by atoms with van der Waals surface area (Å²) in [4.78, 5) is 0. The molecule has 0 radical (unpaired) electrons. The van der Waals surface area contributed by atoms with Crippen molar-refractivity contribution in [2.24, 2.45) is 11.5 Å². The van der Waals surface area contributed by atoms with Crippen LogP contribution in [0.25, 0.3) is 0 Å². The van der Waals surface area contributed by atoms with Crippen LogP contribution in [0.5, 0.6) is 0 Å². The van der Waals surface area contributed by atoms with Crippen molar-refractivity contribution in [3.05, 3.63) is 0 Å². The van der Waals surface area contributed by atoms with Gasteiger partial charge in [-0.2, -0.15) is 0 Å². The van der Waals surface area contributed by atoms with Crippen molar-refractivity contribution in [3.8, 4) is 0 Å². The van der Waals surface area contributed by atoms with E-state index in [1.54, 1.807) is 0 Å². The van der Waals surface area contributed by atoms with Crippen LogP contribution in [0.2, 0.25) is 0 Å². The van der Waals surface area contributed by atoms with E-state index in [9.17, 15) is 0 Å². The van der Waals surface area contributed by atoms with Crippen LogP contribution >= 0.6 is 0 Å². The Hall–Kier alpha value is -0.0800. The molecule has 4 N–H and O–H groups in total. The Morgan fingerprint density at radius 3 is 1.11 bits per heavy atom. The van der Waals surface area contributed by atoms with E-state index >= 15 is 0 Å². The van der Waals surface area contributed by atoms with Gasteiger partial charge in [-0.1, -0.05) is 27.7 Å². The first-order valence-corrected chi connectivity index (χ1v) is 3.82. The van der Waals surface area contributed by atoms with Gasteiger partial charge in [0.1, 0.15) is 0 Å². The number of rotatable bonds is 2. The molecule has 2 heteroatoms. The summed E-state index contributed by atoms with van der Waals surface area (Å²) in [6.45, 7) is 9.44. The minimum atomic E-state index is 0. The smallest absolute Gasteiger partial charge is 0 e. The zero-order valence-corrected chi connectivity index (χ0v) is 7.28. The molecule has 9 heavy (non-hydrogen) atoms. The SMILES string of the molecule is CC.CC.NCCCN.[HH].[HH]. The minimum Gasteiger partial charge on any atom is -0.330 e. The average Bonchev–Trinajstić information content (AvgIpc) is 1.98. The minimum absolute atomic E-state index is 0. The predicted octanol–water partition coefficient (Wildman–Crippen LogP) is 1.84. The molecule has 0 aromatic rings. The molecule has 0 aliphatic carbocycles. The zero-order valence-electron chi connectivity index (χ0n) is 7.28. The second-order valence-electron chi connectivity index (χ2n) is 0.931. The summed E-state index contributed by atoms with van der Waals surface area (Å²) in [5, 5.41) is 0. The summed E-state index contributed by atoms with van der Waals surface area (Å²) >= 11 is 0. The van der Waals surface area contributed by atoms with Gasteiger partial charge in [0, 0.05) is 2.85 Å². The lowest BCUT2D eigenvalue weighted by atomic mass is 10.4. The van der Waals surface area contributed by atoms with Crippen molar-refractivity contribution in [2.45, 2.75) is 34.1 Å². The molecule has 0 saturated heterocycles. The summed E-state index contributed by atoms with van der Waals surface area (Å²) in [6.07, 6.45) is 0.944. The topological polar surface area (TPSA) is 52.0 Å². The largest absolute Gasteiger partial charge is 0.330 e. The van der Waals surface area contributed by atoms with Crippen molar-refractivity contribution in [1.82, 2.24) is 0 Å². The fourth-order valence-corrected chi connectivity index (χ4v) is 0.118. The molecule has 64 valence electrons. The first-order valence-electron chi connectivity index (χ1n) is 3.82. The van der Waals surface area contributed by atoms with Crippen LogP contribution in [0.3, 0.4) is 0 Å². The molecule has 0 aliphatic heterocycles. The van der Waals surface area contributed by atoms with Crippen LogP contribution < -0.4 is 11.5 Å². The normalized spacial score (nSPS) is 6.00. The summed E-state index contributed by atoms with van der Waals surface area (Å²) in [5.41, 5.74) is 10.1. The molecule has 0 atom stereocenters. The Balaban J connectivity index is -0.0000000178. The molecule has 0 rings (SSSR count). The third kappa shape index (κ3) is 75.3. The lowest BCUT2D eigenvalue weighted by Crippen LogP contribution is -2.06. The highest BCUT2D eigenvalue weighted by Gasteiger charge is 1.67. The lowest BCUT2D eigenvalue weighted by Gasteiger charge is -1.81. The van der Waals surface area contributed by atoms with Crippen LogP contribution in [0.1, 0.15) is 37.0 Å². The Bertz CT molecular complexity index is 21.9. The third-order valence-electron chi connectivity index (χ3n) is 0.408. The maximum atomic E-state index is 5.06. The molecule has 0 bridgehead atoms. The number of hydrogen-bond donors (Lipinski definition) is 2. The molecule has 0 saturated carbocycles. The van der Waals surface area contributed by atoms with Crippen molar-refractivity contribution in [3.63, 3.8) is 0 Å². The molecule has 0 aromatic heterocycles. The van der Waals surface area contributed by atoms with Gasteiger partial charge in [0.15, 0.2) is 0 Å². The van der Waals surface area contributed by atoms with Crippen LogP contribution in [-0.4, -0.2) is 13.1 Å². The van der Waals surface area contributed by atoms with Gasteiger partial charge in [-0.3, -0.25) is 0 Å². The molecule has 0 fully saturated rings. The van der Waals surface area contributed by atoms with E-state index in [0.717, 1.165) is 19.5 Å². The first kappa shape index (κ1) is 16.0. The van der Waals surface area contributed by atoms with Crippen LogP contribution in [-0.2, 0) is 0 Å². The molecular formula is C7H26N2. The van der Waals surface area contributed by atoms with E-state index in [1.807, 2.05) is 27.7 Å². The monoisotopic (exact) mass is 138 g/mol.